The van der Waals surface area contributed by atoms with Gasteiger partial charge in [0.05, 0.1) is 17.5 Å². The summed E-state index contributed by atoms with van der Waals surface area (Å²) in [6.07, 6.45) is 3.15. The van der Waals surface area contributed by atoms with Crippen molar-refractivity contribution in [3.63, 3.8) is 0 Å². The molecule has 0 aliphatic heterocycles. The van der Waals surface area contributed by atoms with Gasteiger partial charge in [0.1, 0.15) is 11.2 Å². The lowest BCUT2D eigenvalue weighted by Gasteiger charge is -2.22. The summed E-state index contributed by atoms with van der Waals surface area (Å²) in [6, 6.07) is 8.30. The molecule has 0 atom stereocenters. The molecule has 21 heavy (non-hydrogen) atoms. The van der Waals surface area contributed by atoms with Gasteiger partial charge in [-0.2, -0.15) is 5.26 Å². The highest BCUT2D eigenvalue weighted by atomic mass is 16.6. The maximum Gasteiger partial charge on any atom is 0.292 e. The lowest BCUT2D eigenvalue weighted by Crippen LogP contribution is -2.47. The molecule has 1 fully saturated rings. The Labute approximate surface area is 122 Å². The Morgan fingerprint density at radius 2 is 2.05 bits per heavy atom. The highest BCUT2D eigenvalue weighted by molar-refractivity contribution is 5.82. The third kappa shape index (κ3) is 3.48. The van der Waals surface area contributed by atoms with E-state index in [0.29, 0.717) is 12.8 Å². The number of nitriles is 1. The van der Waals surface area contributed by atoms with Crippen LogP contribution in [0.15, 0.2) is 24.3 Å². The minimum Gasteiger partial charge on any atom is -0.371 e. The Kier molecular flexibility index (Phi) is 4.38. The number of nitro benzene ring substituents is 1. The van der Waals surface area contributed by atoms with Crippen molar-refractivity contribution in [2.45, 2.75) is 31.2 Å². The monoisotopic (exact) mass is 288 g/mol. The van der Waals surface area contributed by atoms with E-state index >= 15 is 0 Å². The second kappa shape index (κ2) is 6.22. The fourth-order valence-corrected chi connectivity index (χ4v) is 2.51. The van der Waals surface area contributed by atoms with Gasteiger partial charge >= 0.3 is 0 Å². The average molecular weight is 288 g/mol. The summed E-state index contributed by atoms with van der Waals surface area (Å²) in [4.78, 5) is 22.3. The van der Waals surface area contributed by atoms with Crippen molar-refractivity contribution in [3.8, 4) is 6.07 Å². The van der Waals surface area contributed by atoms with Gasteiger partial charge < -0.3 is 10.6 Å². The van der Waals surface area contributed by atoms with E-state index < -0.39 is 10.5 Å². The molecule has 0 aromatic heterocycles. The molecular weight excluding hydrogens is 272 g/mol. The Bertz CT molecular complexity index is 588. The van der Waals surface area contributed by atoms with E-state index in [2.05, 4.69) is 16.7 Å². The first-order valence-electron chi connectivity index (χ1n) is 6.76. The van der Waals surface area contributed by atoms with Crippen LogP contribution in [0.5, 0.6) is 0 Å². The number of benzene rings is 1. The molecular formula is C14H16N4O3. The van der Waals surface area contributed by atoms with Crippen LogP contribution < -0.4 is 10.6 Å². The first kappa shape index (κ1) is 14.8. The fraction of sp³-hybridized carbons (Fsp3) is 0.429. The second-order valence-electron chi connectivity index (χ2n) is 5.08. The van der Waals surface area contributed by atoms with Crippen LogP contribution in [-0.2, 0) is 4.79 Å². The molecule has 0 spiro atoms. The molecule has 1 aliphatic rings. The number of anilines is 1. The average Bonchev–Trinajstić information content (AvgIpc) is 2.94. The molecule has 2 rings (SSSR count). The summed E-state index contributed by atoms with van der Waals surface area (Å²) in [5.74, 6) is -0.336. The first-order valence-corrected chi connectivity index (χ1v) is 6.76. The van der Waals surface area contributed by atoms with Crippen LogP contribution in [0.25, 0.3) is 0 Å². The van der Waals surface area contributed by atoms with Crippen molar-refractivity contribution in [3.05, 3.63) is 34.4 Å². The van der Waals surface area contributed by atoms with Crippen molar-refractivity contribution in [1.82, 2.24) is 5.32 Å². The van der Waals surface area contributed by atoms with E-state index in [-0.39, 0.29) is 23.8 Å². The minimum absolute atomic E-state index is 0.0823. The number of nitro groups is 1. The van der Waals surface area contributed by atoms with E-state index in [9.17, 15) is 20.2 Å². The number of nitrogens with zero attached hydrogens (tertiary/aromatic N) is 2. The van der Waals surface area contributed by atoms with Crippen LogP contribution in [0.1, 0.15) is 25.7 Å². The summed E-state index contributed by atoms with van der Waals surface area (Å²) in [5.41, 5.74) is -0.572. The van der Waals surface area contributed by atoms with Gasteiger partial charge in [0.25, 0.3) is 5.69 Å². The number of hydrogen-bond acceptors (Lipinski definition) is 5. The zero-order valence-corrected chi connectivity index (χ0v) is 11.5. The number of hydrogen-bond donors (Lipinski definition) is 2. The number of carbonyl (C=O) groups excluding carboxylic acids is 1. The van der Waals surface area contributed by atoms with Gasteiger partial charge in [0.2, 0.25) is 5.91 Å². The number of rotatable bonds is 5. The Hall–Kier alpha value is -2.62. The van der Waals surface area contributed by atoms with E-state index in [1.165, 1.54) is 6.07 Å². The topological polar surface area (TPSA) is 108 Å². The first-order chi connectivity index (χ1) is 10.1. The lowest BCUT2D eigenvalue weighted by atomic mass is 10.00. The second-order valence-corrected chi connectivity index (χ2v) is 5.08. The fourth-order valence-electron chi connectivity index (χ4n) is 2.51. The molecule has 0 unspecified atom stereocenters. The number of carbonyl (C=O) groups is 1. The van der Waals surface area contributed by atoms with Crippen molar-refractivity contribution >= 4 is 17.3 Å². The highest BCUT2D eigenvalue weighted by Crippen LogP contribution is 2.29. The molecule has 1 amide bonds. The van der Waals surface area contributed by atoms with Gasteiger partial charge in [-0.15, -0.1) is 0 Å². The van der Waals surface area contributed by atoms with Gasteiger partial charge in [-0.3, -0.25) is 14.9 Å². The summed E-state index contributed by atoms with van der Waals surface area (Å²) in [6.45, 7) is -0.103. The molecule has 0 radical (unpaired) electrons. The summed E-state index contributed by atoms with van der Waals surface area (Å²) < 4.78 is 0. The van der Waals surface area contributed by atoms with Gasteiger partial charge in [-0.1, -0.05) is 12.1 Å². The zero-order valence-electron chi connectivity index (χ0n) is 11.5. The summed E-state index contributed by atoms with van der Waals surface area (Å²) in [7, 11) is 0. The quantitative estimate of drug-likeness (QED) is 0.636. The molecule has 110 valence electrons. The van der Waals surface area contributed by atoms with Crippen LogP contribution in [0.4, 0.5) is 11.4 Å². The standard InChI is InChI=1S/C14H16N4O3/c15-10-14(7-3-4-8-14)17-13(19)9-16-11-5-1-2-6-12(11)18(20)21/h1-2,5-6,16H,3-4,7-9H2,(H,17,19). The maximum atomic E-state index is 11.9. The van der Waals surface area contributed by atoms with E-state index in [1.807, 2.05) is 0 Å². The number of nitrogens with one attached hydrogen (secondary N) is 2. The molecule has 1 aromatic carbocycles. The largest absolute Gasteiger partial charge is 0.371 e. The zero-order chi connectivity index (χ0) is 15.3. The van der Waals surface area contributed by atoms with E-state index in [4.69, 9.17) is 0 Å². The molecule has 2 N–H and O–H groups in total. The van der Waals surface area contributed by atoms with Crippen molar-refractivity contribution in [1.29, 1.82) is 5.26 Å². The minimum atomic E-state index is -0.776. The third-order valence-corrected chi connectivity index (χ3v) is 3.59. The van der Waals surface area contributed by atoms with Crippen LogP contribution in [0, 0.1) is 21.4 Å². The lowest BCUT2D eigenvalue weighted by molar-refractivity contribution is -0.383. The predicted octanol–water partition coefficient (Wildman–Crippen LogP) is 1.96. The molecule has 1 aromatic rings. The summed E-state index contributed by atoms with van der Waals surface area (Å²) in [5, 5.41) is 25.5. The number of amides is 1. The molecule has 7 nitrogen and oxygen atoms in total. The van der Waals surface area contributed by atoms with Gasteiger partial charge in [0, 0.05) is 6.07 Å². The highest BCUT2D eigenvalue weighted by Gasteiger charge is 2.35. The van der Waals surface area contributed by atoms with E-state index in [0.717, 1.165) is 12.8 Å². The van der Waals surface area contributed by atoms with Crippen LogP contribution in [0.2, 0.25) is 0 Å². The Morgan fingerprint density at radius 3 is 2.67 bits per heavy atom. The van der Waals surface area contributed by atoms with Gasteiger partial charge in [-0.25, -0.2) is 0 Å². The van der Waals surface area contributed by atoms with Gasteiger partial charge in [-0.05, 0) is 31.7 Å². The molecule has 1 aliphatic carbocycles. The summed E-state index contributed by atoms with van der Waals surface area (Å²) >= 11 is 0. The molecule has 0 bridgehead atoms. The van der Waals surface area contributed by atoms with Crippen LogP contribution in [-0.4, -0.2) is 22.9 Å². The number of para-hydroxylation sites is 2. The smallest absolute Gasteiger partial charge is 0.292 e. The predicted molar refractivity (Wildman–Crippen MR) is 76.5 cm³/mol. The Morgan fingerprint density at radius 1 is 1.38 bits per heavy atom. The van der Waals surface area contributed by atoms with Crippen LogP contribution >= 0.6 is 0 Å². The van der Waals surface area contributed by atoms with Crippen molar-refractivity contribution in [2.75, 3.05) is 11.9 Å². The normalized spacial score (nSPS) is 16.0. The van der Waals surface area contributed by atoms with E-state index in [1.54, 1.807) is 18.2 Å². The Balaban J connectivity index is 1.96. The SMILES string of the molecule is N#CC1(NC(=O)CNc2ccccc2[N+](=O)[O-])CCCC1. The molecule has 0 heterocycles. The maximum absolute atomic E-state index is 11.9. The molecule has 0 saturated heterocycles. The van der Waals surface area contributed by atoms with Crippen molar-refractivity contribution in [2.24, 2.45) is 0 Å². The van der Waals surface area contributed by atoms with Gasteiger partial charge in [0.15, 0.2) is 0 Å². The molecule has 1 saturated carbocycles. The van der Waals surface area contributed by atoms with Crippen molar-refractivity contribution < 1.29 is 9.72 Å². The van der Waals surface area contributed by atoms with Crippen LogP contribution in [0.3, 0.4) is 0 Å². The molecule has 7 heteroatoms. The third-order valence-electron chi connectivity index (χ3n) is 3.59.